The van der Waals surface area contributed by atoms with Crippen LogP contribution in [0.1, 0.15) is 66.6 Å². The van der Waals surface area contributed by atoms with Crippen LogP contribution in [0.3, 0.4) is 0 Å². The van der Waals surface area contributed by atoms with E-state index in [0.29, 0.717) is 19.3 Å². The summed E-state index contributed by atoms with van der Waals surface area (Å²) in [5.41, 5.74) is 0.918. The molecule has 3 aromatic rings. The molecule has 0 amide bonds. The first-order valence-electron chi connectivity index (χ1n) is 11.2. The van der Waals surface area contributed by atoms with E-state index in [2.05, 4.69) is 19.6 Å². The van der Waals surface area contributed by atoms with Crippen LogP contribution in [-0.4, -0.2) is 28.4 Å². The summed E-state index contributed by atoms with van der Waals surface area (Å²) in [5, 5.41) is 4.36. The first-order chi connectivity index (χ1) is 16.6. The van der Waals surface area contributed by atoms with Crippen LogP contribution in [-0.2, 0) is 0 Å². The number of aromatic amines is 1. The van der Waals surface area contributed by atoms with Gasteiger partial charge in [-0.2, -0.15) is 13.2 Å². The predicted octanol–water partition coefficient (Wildman–Crippen LogP) is 6.31. The highest BCUT2D eigenvalue weighted by Gasteiger charge is 2.42. The molecule has 0 aliphatic heterocycles. The van der Waals surface area contributed by atoms with Crippen molar-refractivity contribution in [2.75, 3.05) is 7.11 Å². The van der Waals surface area contributed by atoms with Crippen molar-refractivity contribution in [2.24, 2.45) is 5.92 Å². The summed E-state index contributed by atoms with van der Waals surface area (Å²) in [4.78, 5) is 19.1. The molecule has 35 heavy (non-hydrogen) atoms. The second-order valence-electron chi connectivity index (χ2n) is 8.53. The van der Waals surface area contributed by atoms with Crippen LogP contribution >= 0.6 is 11.3 Å². The standard InChI is InChI=1S/C23H25F4N3O4S/c1-4-16(19-11(2)28-21(35-19)12-5-7-13(8-6-12)23(25,26)27)33-18-10-17(32-3)14(9-15(18)24)20-29-22(31)34-30-20/h9-10,12-13,16H,4-8H2,1-3H3,(H,29,30,31)/t12-,13-,16?. The van der Waals surface area contributed by atoms with Gasteiger partial charge in [0.2, 0.25) is 0 Å². The second-order valence-corrected chi connectivity index (χ2v) is 9.60. The molecule has 2 heterocycles. The third-order valence-corrected chi connectivity index (χ3v) is 7.68. The van der Waals surface area contributed by atoms with Gasteiger partial charge in [0.25, 0.3) is 0 Å². The molecule has 190 valence electrons. The van der Waals surface area contributed by atoms with E-state index >= 15 is 0 Å². The van der Waals surface area contributed by atoms with Gasteiger partial charge in [0.05, 0.1) is 34.2 Å². The minimum Gasteiger partial charge on any atom is -0.496 e. The Kier molecular flexibility index (Phi) is 7.20. The van der Waals surface area contributed by atoms with Gasteiger partial charge in [-0.05, 0) is 45.1 Å². The summed E-state index contributed by atoms with van der Waals surface area (Å²) in [6.07, 6.45) is -3.07. The molecule has 1 aliphatic rings. The topological polar surface area (TPSA) is 90.2 Å². The summed E-state index contributed by atoms with van der Waals surface area (Å²) in [6.45, 7) is 3.71. The Labute approximate surface area is 202 Å². The molecule has 7 nitrogen and oxygen atoms in total. The Morgan fingerprint density at radius 1 is 1.23 bits per heavy atom. The van der Waals surface area contributed by atoms with Gasteiger partial charge in [0.1, 0.15) is 11.9 Å². The average Bonchev–Trinajstić information content (AvgIpc) is 3.43. The van der Waals surface area contributed by atoms with Gasteiger partial charge in [-0.25, -0.2) is 14.2 Å². The highest BCUT2D eigenvalue weighted by Crippen LogP contribution is 2.45. The number of thiazole rings is 1. The minimum atomic E-state index is -4.15. The van der Waals surface area contributed by atoms with Crippen LogP contribution in [0.5, 0.6) is 11.5 Å². The molecule has 12 heteroatoms. The number of hydrogen-bond donors (Lipinski definition) is 1. The number of halogens is 4. The van der Waals surface area contributed by atoms with E-state index < -0.39 is 29.8 Å². The van der Waals surface area contributed by atoms with E-state index in [0.717, 1.165) is 21.6 Å². The lowest BCUT2D eigenvalue weighted by Crippen LogP contribution is -2.27. The molecule has 1 aromatic carbocycles. The number of aryl methyl sites for hydroxylation is 1. The molecule has 1 unspecified atom stereocenters. The van der Waals surface area contributed by atoms with E-state index in [1.165, 1.54) is 24.5 Å². The van der Waals surface area contributed by atoms with Crippen LogP contribution < -0.4 is 15.2 Å². The highest BCUT2D eigenvalue weighted by molar-refractivity contribution is 7.11. The van der Waals surface area contributed by atoms with Gasteiger partial charge in [0, 0.05) is 12.0 Å². The largest absolute Gasteiger partial charge is 0.496 e. The van der Waals surface area contributed by atoms with Crippen molar-refractivity contribution in [1.29, 1.82) is 0 Å². The maximum Gasteiger partial charge on any atom is 0.439 e. The second kappa shape index (κ2) is 10.00. The fourth-order valence-corrected chi connectivity index (χ4v) is 5.72. The van der Waals surface area contributed by atoms with Gasteiger partial charge < -0.3 is 9.47 Å². The van der Waals surface area contributed by atoms with Crippen molar-refractivity contribution in [2.45, 2.75) is 64.1 Å². The molecular weight excluding hydrogens is 490 g/mol. The summed E-state index contributed by atoms with van der Waals surface area (Å²) in [6, 6.07) is 2.51. The third-order valence-electron chi connectivity index (χ3n) is 6.27. The van der Waals surface area contributed by atoms with E-state index in [1.54, 1.807) is 0 Å². The zero-order valence-corrected chi connectivity index (χ0v) is 20.2. The Morgan fingerprint density at radius 2 is 1.94 bits per heavy atom. The smallest absolute Gasteiger partial charge is 0.439 e. The van der Waals surface area contributed by atoms with Gasteiger partial charge in [-0.1, -0.05) is 12.1 Å². The Morgan fingerprint density at radius 3 is 2.51 bits per heavy atom. The van der Waals surface area contributed by atoms with Crippen LogP contribution in [0.15, 0.2) is 21.5 Å². The summed E-state index contributed by atoms with van der Waals surface area (Å²) in [7, 11) is 1.39. The fourth-order valence-electron chi connectivity index (χ4n) is 4.37. The molecule has 1 atom stereocenters. The summed E-state index contributed by atoms with van der Waals surface area (Å²) >= 11 is 1.41. The number of rotatable bonds is 7. The van der Waals surface area contributed by atoms with E-state index in [9.17, 15) is 22.4 Å². The Hall–Kier alpha value is -2.89. The molecule has 0 radical (unpaired) electrons. The van der Waals surface area contributed by atoms with Crippen molar-refractivity contribution < 1.29 is 31.6 Å². The Bertz CT molecular complexity index is 1230. The van der Waals surface area contributed by atoms with Gasteiger partial charge >= 0.3 is 11.9 Å². The summed E-state index contributed by atoms with van der Waals surface area (Å²) in [5.74, 6) is -2.54. The number of H-pyrrole nitrogens is 1. The first-order valence-corrected chi connectivity index (χ1v) is 12.1. The number of ether oxygens (including phenoxy) is 2. The SMILES string of the molecule is CCC(Oc1cc(OC)c(-c2noc(=O)[nH]2)cc1F)c1sc([C@H]2CC[C@H](C(F)(F)F)CC2)nc1C. The molecular formula is C23H25F4N3O4S. The molecule has 1 N–H and O–H groups in total. The Balaban J connectivity index is 1.54. The highest BCUT2D eigenvalue weighted by atomic mass is 32.1. The number of hydrogen-bond acceptors (Lipinski definition) is 7. The quantitative estimate of drug-likeness (QED) is 0.371. The molecule has 1 fully saturated rings. The first kappa shape index (κ1) is 25.2. The van der Waals surface area contributed by atoms with Crippen molar-refractivity contribution in [3.8, 4) is 22.9 Å². The number of alkyl halides is 3. The van der Waals surface area contributed by atoms with Crippen LogP contribution in [0.2, 0.25) is 0 Å². The van der Waals surface area contributed by atoms with Crippen LogP contribution in [0.4, 0.5) is 17.6 Å². The lowest BCUT2D eigenvalue weighted by Gasteiger charge is -2.28. The van der Waals surface area contributed by atoms with Crippen LogP contribution in [0, 0.1) is 18.7 Å². The average molecular weight is 516 g/mol. The zero-order chi connectivity index (χ0) is 25.3. The maximum atomic E-state index is 15.0. The maximum absolute atomic E-state index is 15.0. The zero-order valence-electron chi connectivity index (χ0n) is 19.4. The molecule has 0 saturated heterocycles. The fraction of sp³-hybridized carbons (Fsp3) is 0.522. The van der Waals surface area contributed by atoms with E-state index in [1.807, 2.05) is 13.8 Å². The number of nitrogens with zero attached hydrogens (tertiary/aromatic N) is 2. The van der Waals surface area contributed by atoms with Crippen molar-refractivity contribution >= 4 is 11.3 Å². The van der Waals surface area contributed by atoms with Crippen molar-refractivity contribution in [1.82, 2.24) is 15.1 Å². The lowest BCUT2D eigenvalue weighted by molar-refractivity contribution is -0.182. The lowest BCUT2D eigenvalue weighted by atomic mass is 9.82. The van der Waals surface area contributed by atoms with Crippen LogP contribution in [0.25, 0.3) is 11.4 Å². The third kappa shape index (κ3) is 5.36. The van der Waals surface area contributed by atoms with Gasteiger partial charge in [-0.3, -0.25) is 9.51 Å². The van der Waals surface area contributed by atoms with E-state index in [-0.39, 0.29) is 41.6 Å². The summed E-state index contributed by atoms with van der Waals surface area (Å²) < 4.78 is 69.8. The van der Waals surface area contributed by atoms with Gasteiger partial charge in [-0.15, -0.1) is 11.3 Å². The number of benzene rings is 1. The molecule has 0 bridgehead atoms. The number of aromatic nitrogens is 3. The molecule has 1 aliphatic carbocycles. The molecule has 0 spiro atoms. The van der Waals surface area contributed by atoms with Crippen molar-refractivity contribution in [3.63, 3.8) is 0 Å². The monoisotopic (exact) mass is 515 g/mol. The number of methoxy groups -OCH3 is 1. The number of nitrogens with one attached hydrogen (secondary N) is 1. The van der Waals surface area contributed by atoms with Gasteiger partial charge in [0.15, 0.2) is 17.4 Å². The predicted molar refractivity (Wildman–Crippen MR) is 120 cm³/mol. The minimum absolute atomic E-state index is 0.0209. The van der Waals surface area contributed by atoms with Crippen molar-refractivity contribution in [3.05, 3.63) is 44.1 Å². The molecule has 4 rings (SSSR count). The molecule has 2 aromatic heterocycles. The molecule has 1 saturated carbocycles. The van der Waals surface area contributed by atoms with E-state index in [4.69, 9.17) is 9.47 Å². The normalized spacial score (nSPS) is 19.5.